The lowest BCUT2D eigenvalue weighted by Gasteiger charge is -2.36. The van der Waals surface area contributed by atoms with Crippen LogP contribution >= 0.6 is 0 Å². The molecule has 1 aliphatic rings. The maximum Gasteiger partial charge on any atom is 0.416 e. The molecule has 31 heavy (non-hydrogen) atoms. The van der Waals surface area contributed by atoms with Gasteiger partial charge in [-0.1, -0.05) is 24.3 Å². The number of hydrogen-bond acceptors (Lipinski definition) is 4. The van der Waals surface area contributed by atoms with E-state index < -0.39 is 11.7 Å². The first kappa shape index (κ1) is 21.4. The molecule has 4 nitrogen and oxygen atoms in total. The number of rotatable bonds is 6. The number of pyridine rings is 1. The van der Waals surface area contributed by atoms with E-state index >= 15 is 0 Å². The fourth-order valence-electron chi connectivity index (χ4n) is 4.11. The summed E-state index contributed by atoms with van der Waals surface area (Å²) in [6.45, 7) is 4.16. The SMILES string of the molecule is Nc1cc2ccccc2nc1CCCCN1CCN(c2cccc(C(F)(F)F)c2)CC1. The number of fused-ring (bicyclic) bond motifs is 1. The topological polar surface area (TPSA) is 45.4 Å². The van der Waals surface area contributed by atoms with E-state index in [2.05, 4.69) is 4.90 Å². The van der Waals surface area contributed by atoms with Crippen LogP contribution in [-0.2, 0) is 12.6 Å². The number of nitrogen functional groups attached to an aromatic ring is 1. The van der Waals surface area contributed by atoms with Gasteiger partial charge in [0.05, 0.1) is 22.5 Å². The Morgan fingerprint density at radius 3 is 2.45 bits per heavy atom. The van der Waals surface area contributed by atoms with Crippen molar-refractivity contribution in [3.63, 3.8) is 0 Å². The molecule has 1 saturated heterocycles. The number of halogens is 3. The van der Waals surface area contributed by atoms with Crippen LogP contribution in [-0.4, -0.2) is 42.6 Å². The summed E-state index contributed by atoms with van der Waals surface area (Å²) in [5.41, 5.74) is 8.89. The first-order chi connectivity index (χ1) is 14.9. The highest BCUT2D eigenvalue weighted by Gasteiger charge is 2.31. The Kier molecular flexibility index (Phi) is 6.32. The minimum absolute atomic E-state index is 0.589. The highest BCUT2D eigenvalue weighted by molar-refractivity contribution is 5.82. The van der Waals surface area contributed by atoms with Crippen LogP contribution in [0.4, 0.5) is 24.5 Å². The van der Waals surface area contributed by atoms with Gasteiger partial charge >= 0.3 is 6.18 Å². The number of para-hydroxylation sites is 1. The van der Waals surface area contributed by atoms with E-state index in [1.54, 1.807) is 6.07 Å². The lowest BCUT2D eigenvalue weighted by Crippen LogP contribution is -2.46. The summed E-state index contributed by atoms with van der Waals surface area (Å²) in [5, 5.41) is 1.06. The first-order valence-corrected chi connectivity index (χ1v) is 10.7. The molecule has 0 amide bonds. The molecule has 2 N–H and O–H groups in total. The number of nitrogens with two attached hydrogens (primary N) is 1. The summed E-state index contributed by atoms with van der Waals surface area (Å²) in [7, 11) is 0. The minimum atomic E-state index is -4.30. The predicted octanol–water partition coefficient (Wildman–Crippen LogP) is 4.98. The number of alkyl halides is 3. The van der Waals surface area contributed by atoms with Gasteiger partial charge in [0.2, 0.25) is 0 Å². The maximum absolute atomic E-state index is 13.0. The molecule has 0 spiro atoms. The molecule has 0 bridgehead atoms. The molecule has 2 aromatic carbocycles. The average molecular weight is 429 g/mol. The molecule has 3 aromatic rings. The Morgan fingerprint density at radius 1 is 0.903 bits per heavy atom. The zero-order valence-corrected chi connectivity index (χ0v) is 17.4. The monoisotopic (exact) mass is 428 g/mol. The van der Waals surface area contributed by atoms with Crippen LogP contribution in [0.5, 0.6) is 0 Å². The second kappa shape index (κ2) is 9.14. The molecule has 0 unspecified atom stereocenters. The summed E-state index contributed by atoms with van der Waals surface area (Å²) in [6, 6.07) is 15.6. The predicted molar refractivity (Wildman–Crippen MR) is 119 cm³/mol. The zero-order valence-electron chi connectivity index (χ0n) is 17.4. The number of anilines is 2. The van der Waals surface area contributed by atoms with Gasteiger partial charge in [-0.2, -0.15) is 13.2 Å². The summed E-state index contributed by atoms with van der Waals surface area (Å²) in [4.78, 5) is 9.11. The van der Waals surface area contributed by atoms with Crippen molar-refractivity contribution in [2.24, 2.45) is 0 Å². The Balaban J connectivity index is 1.24. The van der Waals surface area contributed by atoms with Gasteiger partial charge in [0.25, 0.3) is 0 Å². The summed E-state index contributed by atoms with van der Waals surface area (Å²) >= 11 is 0. The van der Waals surface area contributed by atoms with E-state index in [1.165, 1.54) is 12.1 Å². The standard InChI is InChI=1S/C24H27F3N4/c25-24(26,27)19-7-5-8-20(17-19)31-14-12-30(13-15-31)11-4-3-10-23-21(28)16-18-6-1-2-9-22(18)29-23/h1-2,5-9,16-17H,3-4,10-15,28H2. The average Bonchev–Trinajstić information content (AvgIpc) is 2.77. The molecule has 0 aliphatic carbocycles. The van der Waals surface area contributed by atoms with Gasteiger partial charge in [0.15, 0.2) is 0 Å². The Bertz CT molecular complexity index is 1030. The Hall–Kier alpha value is -2.80. The van der Waals surface area contributed by atoms with Gasteiger partial charge in [0.1, 0.15) is 0 Å². The lowest BCUT2D eigenvalue weighted by molar-refractivity contribution is -0.137. The number of unbranched alkanes of at least 4 members (excludes halogenated alkanes) is 1. The van der Waals surface area contributed by atoms with Crippen LogP contribution in [0.15, 0.2) is 54.6 Å². The Labute approximate surface area is 180 Å². The van der Waals surface area contributed by atoms with Gasteiger partial charge in [-0.05, 0) is 56.1 Å². The third-order valence-corrected chi connectivity index (χ3v) is 5.89. The number of piperazine rings is 1. The van der Waals surface area contributed by atoms with Crippen molar-refractivity contribution in [3.8, 4) is 0 Å². The molecule has 164 valence electrons. The maximum atomic E-state index is 13.0. The van der Waals surface area contributed by atoms with Gasteiger partial charge < -0.3 is 10.6 Å². The largest absolute Gasteiger partial charge is 0.416 e. The number of nitrogens with zero attached hydrogens (tertiary/aromatic N) is 3. The summed E-state index contributed by atoms with van der Waals surface area (Å²) in [6.07, 6.45) is -1.41. The van der Waals surface area contributed by atoms with E-state index in [0.29, 0.717) is 5.69 Å². The van der Waals surface area contributed by atoms with E-state index in [1.807, 2.05) is 35.2 Å². The normalized spacial score (nSPS) is 15.5. The Morgan fingerprint density at radius 2 is 1.68 bits per heavy atom. The molecule has 0 atom stereocenters. The summed E-state index contributed by atoms with van der Waals surface area (Å²) < 4.78 is 38.9. The number of aromatic nitrogens is 1. The van der Waals surface area contributed by atoms with Crippen molar-refractivity contribution in [2.45, 2.75) is 25.4 Å². The van der Waals surface area contributed by atoms with Crippen LogP contribution in [0.25, 0.3) is 10.9 Å². The van der Waals surface area contributed by atoms with Crippen molar-refractivity contribution in [1.29, 1.82) is 0 Å². The molecule has 7 heteroatoms. The number of hydrogen-bond donors (Lipinski definition) is 1. The van der Waals surface area contributed by atoms with Gasteiger partial charge in [-0.15, -0.1) is 0 Å². The number of benzene rings is 2. The highest BCUT2D eigenvalue weighted by Crippen LogP contribution is 2.32. The van der Waals surface area contributed by atoms with Crippen molar-refractivity contribution >= 4 is 22.3 Å². The van der Waals surface area contributed by atoms with E-state index in [0.717, 1.165) is 80.3 Å². The van der Waals surface area contributed by atoms with E-state index in [4.69, 9.17) is 10.7 Å². The zero-order chi connectivity index (χ0) is 21.8. The van der Waals surface area contributed by atoms with E-state index in [9.17, 15) is 13.2 Å². The molecule has 4 rings (SSSR count). The van der Waals surface area contributed by atoms with Gasteiger partial charge in [-0.3, -0.25) is 9.88 Å². The van der Waals surface area contributed by atoms with E-state index in [-0.39, 0.29) is 0 Å². The third kappa shape index (κ3) is 5.28. The summed E-state index contributed by atoms with van der Waals surface area (Å²) in [5.74, 6) is 0. The molecule has 0 saturated carbocycles. The highest BCUT2D eigenvalue weighted by atomic mass is 19.4. The quantitative estimate of drug-likeness (QED) is 0.563. The molecule has 1 fully saturated rings. The van der Waals surface area contributed by atoms with Crippen molar-refractivity contribution < 1.29 is 13.2 Å². The van der Waals surface area contributed by atoms with Crippen LogP contribution in [0.1, 0.15) is 24.1 Å². The molecule has 1 aromatic heterocycles. The second-order valence-electron chi connectivity index (χ2n) is 8.05. The third-order valence-electron chi connectivity index (χ3n) is 5.89. The lowest BCUT2D eigenvalue weighted by atomic mass is 10.1. The van der Waals surface area contributed by atoms with Crippen LogP contribution in [0.2, 0.25) is 0 Å². The number of aryl methyl sites for hydroxylation is 1. The molecule has 1 aliphatic heterocycles. The smallest absolute Gasteiger partial charge is 0.397 e. The van der Waals surface area contributed by atoms with Crippen molar-refractivity contribution in [1.82, 2.24) is 9.88 Å². The molecule has 2 heterocycles. The fraction of sp³-hybridized carbons (Fsp3) is 0.375. The molecular formula is C24H27F3N4. The second-order valence-corrected chi connectivity index (χ2v) is 8.05. The van der Waals surface area contributed by atoms with Crippen LogP contribution < -0.4 is 10.6 Å². The fourth-order valence-corrected chi connectivity index (χ4v) is 4.11. The molecular weight excluding hydrogens is 401 g/mol. The van der Waals surface area contributed by atoms with Crippen LogP contribution in [0, 0.1) is 0 Å². The molecule has 0 radical (unpaired) electrons. The van der Waals surface area contributed by atoms with Gasteiger partial charge in [-0.25, -0.2) is 0 Å². The van der Waals surface area contributed by atoms with Crippen molar-refractivity contribution in [2.75, 3.05) is 43.4 Å². The van der Waals surface area contributed by atoms with Gasteiger partial charge in [0, 0.05) is 37.3 Å². The van der Waals surface area contributed by atoms with Crippen LogP contribution in [0.3, 0.4) is 0 Å². The first-order valence-electron chi connectivity index (χ1n) is 10.7. The minimum Gasteiger partial charge on any atom is -0.397 e. The van der Waals surface area contributed by atoms with Crippen molar-refractivity contribution in [3.05, 3.63) is 65.9 Å².